The molecule has 3 aromatic carbocycles. The molecule has 42 heavy (non-hydrogen) atoms. The molecule has 3 rings (SSSR count). The highest BCUT2D eigenvalue weighted by molar-refractivity contribution is 7.92. The van der Waals surface area contributed by atoms with Crippen LogP contribution in [0.5, 0.6) is 11.5 Å². The molecule has 0 aromatic heterocycles. The van der Waals surface area contributed by atoms with Gasteiger partial charge >= 0.3 is 0 Å². The van der Waals surface area contributed by atoms with Crippen molar-refractivity contribution >= 4 is 27.5 Å². The van der Waals surface area contributed by atoms with Gasteiger partial charge < -0.3 is 19.7 Å². The summed E-state index contributed by atoms with van der Waals surface area (Å²) in [4.78, 5) is 29.5. The van der Waals surface area contributed by atoms with Gasteiger partial charge in [-0.05, 0) is 49.1 Å². The van der Waals surface area contributed by atoms with E-state index in [2.05, 4.69) is 5.32 Å². The molecule has 9 nitrogen and oxygen atoms in total. The third-order valence-electron chi connectivity index (χ3n) is 7.21. The number of nitrogens with zero attached hydrogens (tertiary/aromatic N) is 2. The fraction of sp³-hybridized carbons (Fsp3) is 0.375. The van der Waals surface area contributed by atoms with E-state index in [-0.39, 0.29) is 30.6 Å². The molecule has 3 aromatic rings. The maximum absolute atomic E-state index is 14.2. The number of aryl methyl sites for hydroxylation is 1. The zero-order chi connectivity index (χ0) is 30.9. The molecule has 2 atom stereocenters. The fourth-order valence-electron chi connectivity index (χ4n) is 4.56. The summed E-state index contributed by atoms with van der Waals surface area (Å²) >= 11 is 0. The van der Waals surface area contributed by atoms with Crippen molar-refractivity contribution in [3.05, 3.63) is 89.5 Å². The lowest BCUT2D eigenvalue weighted by Gasteiger charge is -2.34. The lowest BCUT2D eigenvalue weighted by Crippen LogP contribution is -2.54. The van der Waals surface area contributed by atoms with Crippen LogP contribution in [0.3, 0.4) is 0 Å². The molecule has 0 radical (unpaired) electrons. The van der Waals surface area contributed by atoms with Gasteiger partial charge in [-0.2, -0.15) is 0 Å². The van der Waals surface area contributed by atoms with Crippen molar-refractivity contribution in [2.75, 3.05) is 31.3 Å². The number of hydrogen-bond acceptors (Lipinski definition) is 6. The fourth-order valence-corrected chi connectivity index (χ4v) is 5.40. The molecular formula is C32H41N3O6S. The van der Waals surface area contributed by atoms with Gasteiger partial charge in [0.15, 0.2) is 11.5 Å². The number of benzene rings is 3. The van der Waals surface area contributed by atoms with Gasteiger partial charge in [0.25, 0.3) is 0 Å². The molecule has 1 N–H and O–H groups in total. The second kappa shape index (κ2) is 14.7. The van der Waals surface area contributed by atoms with E-state index < -0.39 is 28.5 Å². The first-order valence-electron chi connectivity index (χ1n) is 13.9. The maximum Gasteiger partial charge on any atom is 0.244 e. The van der Waals surface area contributed by atoms with Gasteiger partial charge in [-0.25, -0.2) is 8.42 Å². The molecule has 2 amide bonds. The highest BCUT2D eigenvalue weighted by atomic mass is 32.2. The molecule has 0 bridgehead atoms. The molecule has 0 saturated carbocycles. The Bertz CT molecular complexity index is 1460. The van der Waals surface area contributed by atoms with Gasteiger partial charge in [0.1, 0.15) is 12.6 Å². The predicted octanol–water partition coefficient (Wildman–Crippen LogP) is 4.33. The smallest absolute Gasteiger partial charge is 0.244 e. The standard InChI is InChI=1S/C32H41N3O6S/c1-7-24(3)33-32(37)28(19-25-14-9-8-10-15-25)34(21-26-16-12-11-13-23(26)2)31(36)22-35(42(6,38)39)27-17-18-29(40-4)30(20-27)41-5/h8-18,20,24,28H,7,19,21-22H2,1-6H3,(H,33,37)/t24-,28-/m1/s1. The Balaban J connectivity index is 2.09. The molecule has 0 aliphatic heterocycles. The van der Waals surface area contributed by atoms with Crippen molar-refractivity contribution in [2.45, 2.75) is 52.2 Å². The summed E-state index contributed by atoms with van der Waals surface area (Å²) in [5.41, 5.74) is 2.93. The van der Waals surface area contributed by atoms with Crippen LogP contribution in [0.2, 0.25) is 0 Å². The summed E-state index contributed by atoms with van der Waals surface area (Å²) < 4.78 is 37.8. The van der Waals surface area contributed by atoms with E-state index in [0.29, 0.717) is 11.5 Å². The largest absolute Gasteiger partial charge is 0.493 e. The van der Waals surface area contributed by atoms with Crippen LogP contribution in [-0.4, -0.2) is 64.2 Å². The zero-order valence-electron chi connectivity index (χ0n) is 25.2. The second-order valence-corrected chi connectivity index (χ2v) is 12.2. The minimum absolute atomic E-state index is 0.106. The Morgan fingerprint density at radius 1 is 0.929 bits per heavy atom. The summed E-state index contributed by atoms with van der Waals surface area (Å²) in [5, 5.41) is 3.03. The minimum Gasteiger partial charge on any atom is -0.493 e. The van der Waals surface area contributed by atoms with Crippen molar-refractivity contribution < 1.29 is 27.5 Å². The quantitative estimate of drug-likeness (QED) is 0.298. The van der Waals surface area contributed by atoms with Crippen LogP contribution >= 0.6 is 0 Å². The second-order valence-electron chi connectivity index (χ2n) is 10.3. The molecule has 0 aliphatic rings. The Kier molecular flexibility index (Phi) is 11.4. The van der Waals surface area contributed by atoms with E-state index in [1.165, 1.54) is 25.2 Å². The Labute approximate surface area is 249 Å². The van der Waals surface area contributed by atoms with Gasteiger partial charge in [-0.1, -0.05) is 61.5 Å². The summed E-state index contributed by atoms with van der Waals surface area (Å²) in [6.45, 7) is 5.44. The molecular weight excluding hydrogens is 554 g/mol. The first-order valence-corrected chi connectivity index (χ1v) is 15.7. The molecule has 0 aliphatic carbocycles. The number of carbonyl (C=O) groups excluding carboxylic acids is 2. The van der Waals surface area contributed by atoms with Crippen LogP contribution in [0.25, 0.3) is 0 Å². The Morgan fingerprint density at radius 3 is 2.17 bits per heavy atom. The number of amides is 2. The molecule has 0 fully saturated rings. The first kappa shape index (κ1) is 32.5. The average Bonchev–Trinajstić information content (AvgIpc) is 2.97. The van der Waals surface area contributed by atoms with E-state index in [0.717, 1.165) is 33.7 Å². The summed E-state index contributed by atoms with van der Waals surface area (Å²) in [7, 11) is -0.979. The zero-order valence-corrected chi connectivity index (χ0v) is 26.0. The van der Waals surface area contributed by atoms with Crippen LogP contribution in [0.4, 0.5) is 5.69 Å². The van der Waals surface area contributed by atoms with Crippen LogP contribution in [0.1, 0.15) is 37.0 Å². The SMILES string of the molecule is CC[C@@H](C)NC(=O)[C@@H](Cc1ccccc1)N(Cc1ccccc1C)C(=O)CN(c1ccc(OC)c(OC)c1)S(C)(=O)=O. The van der Waals surface area contributed by atoms with Gasteiger partial charge in [-0.3, -0.25) is 13.9 Å². The number of sulfonamides is 1. The molecule has 0 heterocycles. The number of rotatable bonds is 14. The molecule has 226 valence electrons. The van der Waals surface area contributed by atoms with Crippen molar-refractivity contribution in [3.8, 4) is 11.5 Å². The van der Waals surface area contributed by atoms with E-state index >= 15 is 0 Å². The lowest BCUT2D eigenvalue weighted by atomic mass is 10.0. The molecule has 0 unspecified atom stereocenters. The topological polar surface area (TPSA) is 105 Å². The third kappa shape index (κ3) is 8.48. The maximum atomic E-state index is 14.2. The van der Waals surface area contributed by atoms with Crippen LogP contribution < -0.4 is 19.1 Å². The van der Waals surface area contributed by atoms with E-state index in [4.69, 9.17) is 9.47 Å². The lowest BCUT2D eigenvalue weighted by molar-refractivity contribution is -0.140. The summed E-state index contributed by atoms with van der Waals surface area (Å²) in [6.07, 6.45) is 2.02. The summed E-state index contributed by atoms with van der Waals surface area (Å²) in [6, 6.07) is 20.8. The normalized spacial score (nSPS) is 12.6. The number of carbonyl (C=O) groups is 2. The Morgan fingerprint density at radius 2 is 1.57 bits per heavy atom. The number of methoxy groups -OCH3 is 2. The third-order valence-corrected chi connectivity index (χ3v) is 8.35. The monoisotopic (exact) mass is 595 g/mol. The highest BCUT2D eigenvalue weighted by Gasteiger charge is 2.33. The van der Waals surface area contributed by atoms with Crippen molar-refractivity contribution in [1.29, 1.82) is 0 Å². The average molecular weight is 596 g/mol. The number of ether oxygens (including phenoxy) is 2. The van der Waals surface area contributed by atoms with Gasteiger partial charge in [-0.15, -0.1) is 0 Å². The number of anilines is 1. The van der Waals surface area contributed by atoms with Crippen LogP contribution in [-0.2, 0) is 32.6 Å². The minimum atomic E-state index is -3.91. The van der Waals surface area contributed by atoms with Crippen LogP contribution in [0, 0.1) is 6.92 Å². The van der Waals surface area contributed by atoms with Gasteiger partial charge in [0.2, 0.25) is 21.8 Å². The first-order chi connectivity index (χ1) is 20.0. The van der Waals surface area contributed by atoms with Gasteiger partial charge in [0.05, 0.1) is 26.2 Å². The van der Waals surface area contributed by atoms with Crippen molar-refractivity contribution in [2.24, 2.45) is 0 Å². The number of nitrogens with one attached hydrogen (secondary N) is 1. The molecule has 0 spiro atoms. The number of hydrogen-bond donors (Lipinski definition) is 1. The van der Waals surface area contributed by atoms with E-state index in [1.54, 1.807) is 12.1 Å². The van der Waals surface area contributed by atoms with Crippen molar-refractivity contribution in [3.63, 3.8) is 0 Å². The highest BCUT2D eigenvalue weighted by Crippen LogP contribution is 2.32. The summed E-state index contributed by atoms with van der Waals surface area (Å²) in [5.74, 6) is -0.0690. The predicted molar refractivity (Wildman–Crippen MR) is 165 cm³/mol. The molecule has 0 saturated heterocycles. The Hall–Kier alpha value is -4.05. The van der Waals surface area contributed by atoms with Crippen molar-refractivity contribution in [1.82, 2.24) is 10.2 Å². The van der Waals surface area contributed by atoms with E-state index in [1.807, 2.05) is 75.4 Å². The van der Waals surface area contributed by atoms with Crippen LogP contribution in [0.15, 0.2) is 72.8 Å². The van der Waals surface area contributed by atoms with E-state index in [9.17, 15) is 18.0 Å². The van der Waals surface area contributed by atoms with Gasteiger partial charge in [0, 0.05) is 25.1 Å². The molecule has 10 heteroatoms.